The number of hydrogen-bond acceptors (Lipinski definition) is 4. The van der Waals surface area contributed by atoms with E-state index >= 15 is 0 Å². The first kappa shape index (κ1) is 15.4. The predicted octanol–water partition coefficient (Wildman–Crippen LogP) is 2.62. The summed E-state index contributed by atoms with van der Waals surface area (Å²) >= 11 is 0. The summed E-state index contributed by atoms with van der Waals surface area (Å²) in [5, 5.41) is 0. The molecule has 4 heteroatoms. The van der Waals surface area contributed by atoms with Crippen LogP contribution in [0.3, 0.4) is 0 Å². The second-order valence-electron chi connectivity index (χ2n) is 4.24. The van der Waals surface area contributed by atoms with Crippen LogP contribution in [0.5, 0.6) is 0 Å². The number of benzene rings is 1. The zero-order valence-electron chi connectivity index (χ0n) is 11.3. The van der Waals surface area contributed by atoms with Crippen LogP contribution in [-0.2, 0) is 14.3 Å². The van der Waals surface area contributed by atoms with Gasteiger partial charge in [-0.3, -0.25) is 4.79 Å². The first-order valence-electron chi connectivity index (χ1n) is 6.51. The van der Waals surface area contributed by atoms with E-state index in [0.29, 0.717) is 12.2 Å². The summed E-state index contributed by atoms with van der Waals surface area (Å²) in [6.07, 6.45) is 3.79. The summed E-state index contributed by atoms with van der Waals surface area (Å²) < 4.78 is 9.88. The molecule has 0 saturated carbocycles. The van der Waals surface area contributed by atoms with Gasteiger partial charge in [-0.2, -0.15) is 0 Å². The van der Waals surface area contributed by atoms with Crippen molar-refractivity contribution >= 4 is 11.8 Å². The maximum Gasteiger partial charge on any atom is 0.379 e. The summed E-state index contributed by atoms with van der Waals surface area (Å²) in [5.74, 6) is -1.36. The van der Waals surface area contributed by atoms with Gasteiger partial charge in [0.15, 0.2) is 0 Å². The fourth-order valence-corrected chi connectivity index (χ4v) is 1.64. The van der Waals surface area contributed by atoms with Gasteiger partial charge in [0.05, 0.1) is 6.61 Å². The van der Waals surface area contributed by atoms with Crippen LogP contribution in [0.25, 0.3) is 0 Å². The van der Waals surface area contributed by atoms with Crippen molar-refractivity contribution in [3.8, 4) is 0 Å². The molecular formula is C15H20O4. The Morgan fingerprint density at radius 3 is 2.21 bits per heavy atom. The highest BCUT2D eigenvalue weighted by Crippen LogP contribution is 2.03. The molecular weight excluding hydrogens is 244 g/mol. The Kier molecular flexibility index (Phi) is 7.51. The molecule has 0 unspecified atom stereocenters. The lowest BCUT2D eigenvalue weighted by Crippen LogP contribution is -2.18. The second-order valence-corrected chi connectivity index (χ2v) is 4.24. The van der Waals surface area contributed by atoms with Crippen LogP contribution in [0.1, 0.15) is 36.0 Å². The summed E-state index contributed by atoms with van der Waals surface area (Å²) in [7, 11) is 1.68. The van der Waals surface area contributed by atoms with E-state index in [4.69, 9.17) is 9.47 Å². The van der Waals surface area contributed by atoms with Crippen LogP contribution >= 0.6 is 0 Å². The molecule has 104 valence electrons. The van der Waals surface area contributed by atoms with Gasteiger partial charge in [0, 0.05) is 19.3 Å². The van der Waals surface area contributed by atoms with E-state index < -0.39 is 11.8 Å². The molecule has 0 amide bonds. The molecule has 4 nitrogen and oxygen atoms in total. The summed E-state index contributed by atoms with van der Waals surface area (Å²) in [6, 6.07) is 8.44. The summed E-state index contributed by atoms with van der Waals surface area (Å²) in [6.45, 7) is 1.05. The fourth-order valence-electron chi connectivity index (χ4n) is 1.64. The number of esters is 1. The molecule has 0 aliphatic rings. The zero-order chi connectivity index (χ0) is 13.9. The van der Waals surface area contributed by atoms with Crippen molar-refractivity contribution in [3.63, 3.8) is 0 Å². The molecule has 0 bridgehead atoms. The lowest BCUT2D eigenvalue weighted by Gasteiger charge is -2.04. The Hall–Kier alpha value is -1.68. The lowest BCUT2D eigenvalue weighted by atomic mass is 10.1. The normalized spacial score (nSPS) is 10.2. The van der Waals surface area contributed by atoms with Crippen LogP contribution in [0.4, 0.5) is 0 Å². The third-order valence-corrected chi connectivity index (χ3v) is 2.70. The minimum Gasteiger partial charge on any atom is -0.460 e. The minimum absolute atomic E-state index is 0.296. The van der Waals surface area contributed by atoms with Crippen LogP contribution in [0.2, 0.25) is 0 Å². The molecule has 0 radical (unpaired) electrons. The molecule has 1 aromatic rings. The number of Topliss-reactive ketones (excluding diaryl/α,β-unsaturated/α-hetero) is 1. The Bertz CT molecular complexity index is 386. The third-order valence-electron chi connectivity index (χ3n) is 2.70. The third kappa shape index (κ3) is 6.15. The molecule has 0 spiro atoms. The van der Waals surface area contributed by atoms with E-state index in [2.05, 4.69) is 0 Å². The largest absolute Gasteiger partial charge is 0.460 e. The van der Waals surface area contributed by atoms with Crippen molar-refractivity contribution in [2.24, 2.45) is 0 Å². The van der Waals surface area contributed by atoms with Crippen LogP contribution < -0.4 is 0 Å². The monoisotopic (exact) mass is 264 g/mol. The fraction of sp³-hybridized carbons (Fsp3) is 0.467. The van der Waals surface area contributed by atoms with Crippen molar-refractivity contribution in [1.82, 2.24) is 0 Å². The van der Waals surface area contributed by atoms with Crippen molar-refractivity contribution in [3.05, 3.63) is 35.9 Å². The predicted molar refractivity (Wildman–Crippen MR) is 72.1 cm³/mol. The average molecular weight is 264 g/mol. The van der Waals surface area contributed by atoms with Crippen LogP contribution in [-0.4, -0.2) is 32.1 Å². The van der Waals surface area contributed by atoms with Crippen molar-refractivity contribution < 1.29 is 19.1 Å². The van der Waals surface area contributed by atoms with E-state index in [1.807, 2.05) is 0 Å². The minimum atomic E-state index is -0.775. The number of rotatable bonds is 9. The van der Waals surface area contributed by atoms with Gasteiger partial charge < -0.3 is 9.47 Å². The second kappa shape index (κ2) is 9.28. The molecule has 19 heavy (non-hydrogen) atoms. The Morgan fingerprint density at radius 2 is 1.58 bits per heavy atom. The van der Waals surface area contributed by atoms with Gasteiger partial charge in [-0.15, -0.1) is 0 Å². The van der Waals surface area contributed by atoms with Crippen LogP contribution in [0, 0.1) is 0 Å². The number of methoxy groups -OCH3 is 1. The van der Waals surface area contributed by atoms with Gasteiger partial charge in [-0.05, 0) is 19.3 Å². The molecule has 0 N–H and O–H groups in total. The number of ether oxygens (including phenoxy) is 2. The van der Waals surface area contributed by atoms with E-state index in [9.17, 15) is 9.59 Å². The topological polar surface area (TPSA) is 52.6 Å². The average Bonchev–Trinajstić information content (AvgIpc) is 2.46. The molecule has 0 aliphatic carbocycles. The van der Waals surface area contributed by atoms with E-state index in [1.165, 1.54) is 0 Å². The molecule has 0 heterocycles. The van der Waals surface area contributed by atoms with Gasteiger partial charge in [0.25, 0.3) is 5.78 Å². The Labute approximate surface area is 113 Å². The quantitative estimate of drug-likeness (QED) is 0.298. The first-order valence-corrected chi connectivity index (χ1v) is 6.51. The maximum atomic E-state index is 11.7. The lowest BCUT2D eigenvalue weighted by molar-refractivity contribution is -0.138. The summed E-state index contributed by atoms with van der Waals surface area (Å²) in [4.78, 5) is 23.1. The maximum absolute atomic E-state index is 11.7. The van der Waals surface area contributed by atoms with Crippen molar-refractivity contribution in [2.75, 3.05) is 20.3 Å². The number of carbonyl (C=O) groups is 2. The number of ketones is 1. The van der Waals surface area contributed by atoms with Crippen LogP contribution in [0.15, 0.2) is 30.3 Å². The zero-order valence-corrected chi connectivity index (χ0v) is 11.3. The molecule has 0 fully saturated rings. The SMILES string of the molecule is COCCCCCCOC(=O)C(=O)c1ccccc1. The van der Waals surface area contributed by atoms with Gasteiger partial charge in [0.2, 0.25) is 0 Å². The summed E-state index contributed by atoms with van der Waals surface area (Å²) in [5.41, 5.74) is 0.368. The van der Waals surface area contributed by atoms with E-state index in [1.54, 1.807) is 37.4 Å². The standard InChI is InChI=1S/C15H20O4/c1-18-11-7-2-3-8-12-19-15(17)14(16)13-9-5-4-6-10-13/h4-6,9-10H,2-3,7-8,11-12H2,1H3. The number of carbonyl (C=O) groups excluding carboxylic acids is 2. The highest BCUT2D eigenvalue weighted by atomic mass is 16.5. The Morgan fingerprint density at radius 1 is 0.947 bits per heavy atom. The van der Waals surface area contributed by atoms with E-state index in [0.717, 1.165) is 32.3 Å². The van der Waals surface area contributed by atoms with Gasteiger partial charge in [0.1, 0.15) is 0 Å². The van der Waals surface area contributed by atoms with E-state index in [-0.39, 0.29) is 0 Å². The van der Waals surface area contributed by atoms with Gasteiger partial charge in [-0.1, -0.05) is 36.8 Å². The molecule has 0 atom stereocenters. The smallest absolute Gasteiger partial charge is 0.379 e. The molecule has 1 aromatic carbocycles. The van der Waals surface area contributed by atoms with Gasteiger partial charge >= 0.3 is 5.97 Å². The number of unbranched alkanes of at least 4 members (excludes halogenated alkanes) is 3. The highest BCUT2D eigenvalue weighted by molar-refractivity contribution is 6.40. The number of hydrogen-bond donors (Lipinski definition) is 0. The van der Waals surface area contributed by atoms with Crippen molar-refractivity contribution in [2.45, 2.75) is 25.7 Å². The molecule has 1 rings (SSSR count). The first-order chi connectivity index (χ1) is 9.25. The van der Waals surface area contributed by atoms with Crippen molar-refractivity contribution in [1.29, 1.82) is 0 Å². The molecule has 0 saturated heterocycles. The molecule has 0 aliphatic heterocycles. The molecule has 0 aromatic heterocycles. The highest BCUT2D eigenvalue weighted by Gasteiger charge is 2.16. The van der Waals surface area contributed by atoms with Gasteiger partial charge in [-0.25, -0.2) is 4.79 Å². The Balaban J connectivity index is 2.16.